The van der Waals surface area contributed by atoms with Gasteiger partial charge in [0.1, 0.15) is 6.54 Å². The van der Waals surface area contributed by atoms with E-state index in [2.05, 4.69) is 15.3 Å². The molecule has 0 unspecified atom stereocenters. The smallest absolute Gasteiger partial charge is 0.356 e. The summed E-state index contributed by atoms with van der Waals surface area (Å²) in [5.41, 5.74) is -0.0601. The van der Waals surface area contributed by atoms with Crippen molar-refractivity contribution in [1.82, 2.24) is 20.0 Å². The van der Waals surface area contributed by atoms with Crippen molar-refractivity contribution in [1.29, 1.82) is 0 Å². The van der Waals surface area contributed by atoms with Crippen molar-refractivity contribution in [3.05, 3.63) is 18.0 Å². The first-order valence-electron chi connectivity index (χ1n) is 6.99. The van der Waals surface area contributed by atoms with Crippen LogP contribution in [0.1, 0.15) is 16.9 Å². The molecule has 0 saturated carbocycles. The molecule has 1 aliphatic rings. The van der Waals surface area contributed by atoms with Gasteiger partial charge in [-0.2, -0.15) is 5.10 Å². The summed E-state index contributed by atoms with van der Waals surface area (Å²) in [5, 5.41) is 15.3. The third-order valence-corrected chi connectivity index (χ3v) is 3.24. The Balaban J connectivity index is 1.61. The number of carboxylic acid groups (broad SMARTS) is 1. The van der Waals surface area contributed by atoms with E-state index in [9.17, 15) is 9.59 Å². The van der Waals surface area contributed by atoms with E-state index in [1.807, 2.05) is 0 Å². The Morgan fingerprint density at radius 1 is 1.38 bits per heavy atom. The van der Waals surface area contributed by atoms with Crippen molar-refractivity contribution in [2.24, 2.45) is 0 Å². The number of hydrogen-bond acceptors (Lipinski definition) is 5. The Bertz CT molecular complexity index is 482. The molecule has 116 valence electrons. The maximum absolute atomic E-state index is 11.7. The van der Waals surface area contributed by atoms with Crippen LogP contribution < -0.4 is 5.32 Å². The Kier molecular flexibility index (Phi) is 5.70. The van der Waals surface area contributed by atoms with Gasteiger partial charge in [-0.15, -0.1) is 0 Å². The third-order valence-electron chi connectivity index (χ3n) is 3.24. The van der Waals surface area contributed by atoms with E-state index in [-0.39, 0.29) is 18.1 Å². The third kappa shape index (κ3) is 5.16. The van der Waals surface area contributed by atoms with Crippen molar-refractivity contribution in [2.45, 2.75) is 13.0 Å². The predicted molar refractivity (Wildman–Crippen MR) is 74.1 cm³/mol. The molecule has 8 nitrogen and oxygen atoms in total. The second kappa shape index (κ2) is 7.75. The van der Waals surface area contributed by atoms with E-state index in [1.165, 1.54) is 16.9 Å². The fraction of sp³-hybridized carbons (Fsp3) is 0.615. The molecule has 1 amide bonds. The van der Waals surface area contributed by atoms with Gasteiger partial charge in [0.05, 0.1) is 13.2 Å². The summed E-state index contributed by atoms with van der Waals surface area (Å²) in [4.78, 5) is 24.7. The predicted octanol–water partition coefficient (Wildman–Crippen LogP) is -0.580. The number of amides is 1. The number of aromatic nitrogens is 2. The van der Waals surface area contributed by atoms with E-state index in [1.54, 1.807) is 0 Å². The molecular formula is C13H20N4O4. The van der Waals surface area contributed by atoms with Crippen LogP contribution in [0.25, 0.3) is 0 Å². The van der Waals surface area contributed by atoms with Gasteiger partial charge >= 0.3 is 5.97 Å². The molecule has 0 spiro atoms. The summed E-state index contributed by atoms with van der Waals surface area (Å²) in [5.74, 6) is -1.27. The van der Waals surface area contributed by atoms with Gasteiger partial charge in [-0.25, -0.2) is 4.79 Å². The highest BCUT2D eigenvalue weighted by atomic mass is 16.5. The zero-order chi connectivity index (χ0) is 15.1. The van der Waals surface area contributed by atoms with Crippen LogP contribution in [0.3, 0.4) is 0 Å². The Morgan fingerprint density at radius 3 is 2.81 bits per heavy atom. The highest BCUT2D eigenvalue weighted by Crippen LogP contribution is 1.98. The van der Waals surface area contributed by atoms with Gasteiger partial charge in [0, 0.05) is 25.8 Å². The number of nitrogens with one attached hydrogen (secondary N) is 1. The lowest BCUT2D eigenvalue weighted by Gasteiger charge is -2.26. The molecule has 1 fully saturated rings. The van der Waals surface area contributed by atoms with Gasteiger partial charge in [-0.05, 0) is 19.0 Å². The molecule has 21 heavy (non-hydrogen) atoms. The van der Waals surface area contributed by atoms with Gasteiger partial charge in [-0.3, -0.25) is 14.4 Å². The van der Waals surface area contributed by atoms with Gasteiger partial charge in [0.2, 0.25) is 5.91 Å². The molecule has 1 aromatic rings. The highest BCUT2D eigenvalue weighted by molar-refractivity contribution is 5.85. The summed E-state index contributed by atoms with van der Waals surface area (Å²) < 4.78 is 6.59. The number of carboxylic acids is 1. The number of rotatable bonds is 7. The van der Waals surface area contributed by atoms with Gasteiger partial charge < -0.3 is 15.2 Å². The van der Waals surface area contributed by atoms with Gasteiger partial charge in [0.15, 0.2) is 5.69 Å². The number of hydrogen-bond donors (Lipinski definition) is 2. The molecule has 0 radical (unpaired) electrons. The van der Waals surface area contributed by atoms with E-state index in [0.29, 0.717) is 6.54 Å². The SMILES string of the molecule is O=C(Cn1ccc(C(=O)O)n1)NCCCN1CCOCC1. The maximum atomic E-state index is 11.7. The summed E-state index contributed by atoms with van der Waals surface area (Å²) in [7, 11) is 0. The summed E-state index contributed by atoms with van der Waals surface area (Å²) in [6, 6.07) is 1.37. The van der Waals surface area contributed by atoms with Crippen molar-refractivity contribution >= 4 is 11.9 Å². The van der Waals surface area contributed by atoms with Crippen LogP contribution in [-0.4, -0.2) is 71.1 Å². The second-order valence-corrected chi connectivity index (χ2v) is 4.86. The molecular weight excluding hydrogens is 276 g/mol. The van der Waals surface area contributed by atoms with Gasteiger partial charge in [-0.1, -0.05) is 0 Å². The minimum absolute atomic E-state index is 0.0326. The quantitative estimate of drug-likeness (QED) is 0.654. The minimum atomic E-state index is -1.10. The van der Waals surface area contributed by atoms with Crippen LogP contribution in [0.5, 0.6) is 0 Å². The molecule has 2 heterocycles. The van der Waals surface area contributed by atoms with E-state index < -0.39 is 5.97 Å². The van der Waals surface area contributed by atoms with Gasteiger partial charge in [0.25, 0.3) is 0 Å². The molecule has 8 heteroatoms. The van der Waals surface area contributed by atoms with Crippen LogP contribution in [-0.2, 0) is 16.1 Å². The minimum Gasteiger partial charge on any atom is -0.476 e. The average molecular weight is 296 g/mol. The molecule has 0 aliphatic carbocycles. The van der Waals surface area contributed by atoms with Crippen LogP contribution in [0.4, 0.5) is 0 Å². The number of morpholine rings is 1. The van der Waals surface area contributed by atoms with Crippen LogP contribution in [0.15, 0.2) is 12.3 Å². The molecule has 1 saturated heterocycles. The van der Waals surface area contributed by atoms with Crippen molar-refractivity contribution in [3.63, 3.8) is 0 Å². The first kappa shape index (κ1) is 15.5. The average Bonchev–Trinajstić information content (AvgIpc) is 2.93. The maximum Gasteiger partial charge on any atom is 0.356 e. The zero-order valence-corrected chi connectivity index (χ0v) is 11.8. The zero-order valence-electron chi connectivity index (χ0n) is 11.8. The fourth-order valence-electron chi connectivity index (χ4n) is 2.12. The lowest BCUT2D eigenvalue weighted by Crippen LogP contribution is -2.38. The van der Waals surface area contributed by atoms with Crippen LogP contribution in [0, 0.1) is 0 Å². The Labute approximate surface area is 122 Å². The lowest BCUT2D eigenvalue weighted by atomic mass is 10.3. The molecule has 0 atom stereocenters. The topological polar surface area (TPSA) is 96.7 Å². The standard InChI is InChI=1S/C13H20N4O4/c18-12(10-17-5-2-11(15-17)13(19)20)14-3-1-4-16-6-8-21-9-7-16/h2,5H,1,3-4,6-10H2,(H,14,18)(H,19,20). The van der Waals surface area contributed by atoms with E-state index in [4.69, 9.17) is 9.84 Å². The second-order valence-electron chi connectivity index (χ2n) is 4.86. The number of ether oxygens (including phenoxy) is 1. The monoisotopic (exact) mass is 296 g/mol. The largest absolute Gasteiger partial charge is 0.476 e. The fourth-order valence-corrected chi connectivity index (χ4v) is 2.12. The number of carbonyl (C=O) groups is 2. The summed E-state index contributed by atoms with van der Waals surface area (Å²) >= 11 is 0. The number of aromatic carboxylic acids is 1. The summed E-state index contributed by atoms with van der Waals surface area (Å²) in [6.07, 6.45) is 2.36. The van der Waals surface area contributed by atoms with E-state index >= 15 is 0 Å². The van der Waals surface area contributed by atoms with Crippen molar-refractivity contribution in [3.8, 4) is 0 Å². The van der Waals surface area contributed by atoms with E-state index in [0.717, 1.165) is 39.3 Å². The Morgan fingerprint density at radius 2 is 2.14 bits per heavy atom. The van der Waals surface area contributed by atoms with Crippen molar-refractivity contribution < 1.29 is 19.4 Å². The molecule has 2 rings (SSSR count). The molecule has 0 aromatic carbocycles. The molecule has 1 aliphatic heterocycles. The number of carbonyl (C=O) groups excluding carboxylic acids is 1. The lowest BCUT2D eigenvalue weighted by molar-refractivity contribution is -0.121. The first-order valence-corrected chi connectivity index (χ1v) is 6.99. The normalized spacial score (nSPS) is 15.8. The molecule has 0 bridgehead atoms. The molecule has 1 aromatic heterocycles. The van der Waals surface area contributed by atoms with Crippen LogP contribution >= 0.6 is 0 Å². The van der Waals surface area contributed by atoms with Crippen molar-refractivity contribution in [2.75, 3.05) is 39.4 Å². The first-order chi connectivity index (χ1) is 10.1. The summed E-state index contributed by atoms with van der Waals surface area (Å²) in [6.45, 7) is 5.01. The number of nitrogens with zero attached hydrogens (tertiary/aromatic N) is 3. The van der Waals surface area contributed by atoms with Crippen LogP contribution in [0.2, 0.25) is 0 Å². The molecule has 2 N–H and O–H groups in total. The Hall–Kier alpha value is -1.93. The highest BCUT2D eigenvalue weighted by Gasteiger charge is 2.11.